The van der Waals surface area contributed by atoms with E-state index < -0.39 is 0 Å². The Morgan fingerprint density at radius 2 is 1.76 bits per heavy atom. The van der Waals surface area contributed by atoms with Crippen LogP contribution in [0.15, 0.2) is 0 Å². The Kier molecular flexibility index (Phi) is 4.05. The lowest BCUT2D eigenvalue weighted by Crippen LogP contribution is -2.55. The molecule has 2 aliphatic heterocycles. The second kappa shape index (κ2) is 5.36. The Bertz CT molecular complexity index is 272. The number of likely N-dealkylation sites (N-methyl/N-ethyl adjacent to an activating group) is 1. The zero-order chi connectivity index (χ0) is 12.4. The van der Waals surface area contributed by atoms with Crippen molar-refractivity contribution in [3.05, 3.63) is 0 Å². The average molecular weight is 239 g/mol. The molecule has 2 rings (SSSR count). The van der Waals surface area contributed by atoms with Crippen LogP contribution in [0.5, 0.6) is 0 Å². The van der Waals surface area contributed by atoms with Crippen LogP contribution < -0.4 is 0 Å². The van der Waals surface area contributed by atoms with Crippen molar-refractivity contribution in [3.8, 4) is 0 Å². The minimum Gasteiger partial charge on any atom is -0.343 e. The number of hydrogen-bond acceptors (Lipinski definition) is 3. The van der Waals surface area contributed by atoms with Crippen molar-refractivity contribution in [3.63, 3.8) is 0 Å². The monoisotopic (exact) mass is 239 g/mol. The van der Waals surface area contributed by atoms with Crippen LogP contribution in [0.25, 0.3) is 0 Å². The Hall–Kier alpha value is -0.610. The second-order valence-electron chi connectivity index (χ2n) is 5.65. The standard InChI is InChI=1S/C13H25N3O/c1-11(2)15-6-4-12(5-7-15)16-9-8-14(3)13(17)10-16/h11-12H,4-10H2,1-3H3. The summed E-state index contributed by atoms with van der Waals surface area (Å²) in [5, 5.41) is 0. The highest BCUT2D eigenvalue weighted by atomic mass is 16.2. The van der Waals surface area contributed by atoms with Gasteiger partial charge in [0.1, 0.15) is 0 Å². The van der Waals surface area contributed by atoms with Gasteiger partial charge in [-0.1, -0.05) is 0 Å². The van der Waals surface area contributed by atoms with Crippen molar-refractivity contribution in [2.75, 3.05) is 39.8 Å². The van der Waals surface area contributed by atoms with E-state index in [1.165, 1.54) is 25.9 Å². The maximum absolute atomic E-state index is 11.7. The molecular formula is C13H25N3O. The second-order valence-corrected chi connectivity index (χ2v) is 5.65. The number of carbonyl (C=O) groups excluding carboxylic acids is 1. The number of piperazine rings is 1. The lowest BCUT2D eigenvalue weighted by molar-refractivity contribution is -0.135. The Balaban J connectivity index is 1.83. The third-order valence-electron chi connectivity index (χ3n) is 4.23. The van der Waals surface area contributed by atoms with Gasteiger partial charge in [-0.15, -0.1) is 0 Å². The zero-order valence-corrected chi connectivity index (χ0v) is 11.4. The molecule has 0 N–H and O–H groups in total. The summed E-state index contributed by atoms with van der Waals surface area (Å²) >= 11 is 0. The summed E-state index contributed by atoms with van der Waals surface area (Å²) in [6, 6.07) is 1.28. The van der Waals surface area contributed by atoms with E-state index in [9.17, 15) is 4.79 Å². The molecule has 2 saturated heterocycles. The van der Waals surface area contributed by atoms with Crippen LogP contribution in [-0.4, -0.2) is 72.5 Å². The molecule has 2 heterocycles. The molecule has 0 bridgehead atoms. The van der Waals surface area contributed by atoms with Crippen LogP contribution in [-0.2, 0) is 4.79 Å². The number of carbonyl (C=O) groups is 1. The molecule has 1 amide bonds. The minimum atomic E-state index is 0.280. The number of hydrogen-bond donors (Lipinski definition) is 0. The first-order chi connectivity index (χ1) is 8.08. The maximum atomic E-state index is 11.7. The van der Waals surface area contributed by atoms with E-state index in [0.29, 0.717) is 18.6 Å². The lowest BCUT2D eigenvalue weighted by Gasteiger charge is -2.42. The van der Waals surface area contributed by atoms with Gasteiger partial charge < -0.3 is 9.80 Å². The third-order valence-corrected chi connectivity index (χ3v) is 4.23. The van der Waals surface area contributed by atoms with Gasteiger partial charge in [-0.05, 0) is 39.8 Å². The SMILES string of the molecule is CC(C)N1CCC(N2CCN(C)C(=O)C2)CC1. The molecule has 2 aliphatic rings. The summed E-state index contributed by atoms with van der Waals surface area (Å²) in [4.78, 5) is 18.5. The van der Waals surface area contributed by atoms with Gasteiger partial charge in [-0.25, -0.2) is 0 Å². The van der Waals surface area contributed by atoms with Crippen LogP contribution in [0.2, 0.25) is 0 Å². The maximum Gasteiger partial charge on any atom is 0.236 e. The topological polar surface area (TPSA) is 26.8 Å². The average Bonchev–Trinajstić information content (AvgIpc) is 2.33. The van der Waals surface area contributed by atoms with Gasteiger partial charge in [0.25, 0.3) is 0 Å². The number of piperidine rings is 1. The summed E-state index contributed by atoms with van der Waals surface area (Å²) in [6.07, 6.45) is 2.43. The van der Waals surface area contributed by atoms with Crippen molar-refractivity contribution >= 4 is 5.91 Å². The van der Waals surface area contributed by atoms with E-state index in [1.807, 2.05) is 11.9 Å². The normalized spacial score (nSPS) is 25.9. The first-order valence-corrected chi connectivity index (χ1v) is 6.80. The molecule has 0 spiro atoms. The van der Waals surface area contributed by atoms with Gasteiger partial charge in [0.15, 0.2) is 0 Å². The molecule has 0 radical (unpaired) electrons. The van der Waals surface area contributed by atoms with Crippen LogP contribution in [0.3, 0.4) is 0 Å². The van der Waals surface area contributed by atoms with Crippen LogP contribution >= 0.6 is 0 Å². The predicted molar refractivity (Wildman–Crippen MR) is 68.9 cm³/mol. The van der Waals surface area contributed by atoms with Crippen molar-refractivity contribution < 1.29 is 4.79 Å². The van der Waals surface area contributed by atoms with Gasteiger partial charge in [-0.3, -0.25) is 9.69 Å². The van der Waals surface area contributed by atoms with Gasteiger partial charge in [0.2, 0.25) is 5.91 Å². The van der Waals surface area contributed by atoms with Crippen molar-refractivity contribution in [1.29, 1.82) is 0 Å². The fourth-order valence-electron chi connectivity index (χ4n) is 2.86. The van der Waals surface area contributed by atoms with E-state index >= 15 is 0 Å². The number of likely N-dealkylation sites (tertiary alicyclic amines) is 1. The Labute approximate surface area is 105 Å². The van der Waals surface area contributed by atoms with Crippen LogP contribution in [0.4, 0.5) is 0 Å². The highest BCUT2D eigenvalue weighted by molar-refractivity contribution is 5.78. The largest absolute Gasteiger partial charge is 0.343 e. The molecule has 98 valence electrons. The first kappa shape index (κ1) is 12.8. The first-order valence-electron chi connectivity index (χ1n) is 6.80. The minimum absolute atomic E-state index is 0.280. The molecule has 0 aromatic heterocycles. The highest BCUT2D eigenvalue weighted by Crippen LogP contribution is 2.19. The third kappa shape index (κ3) is 2.99. The molecule has 4 nitrogen and oxygen atoms in total. The predicted octanol–water partition coefficient (Wildman–Crippen LogP) is 0.633. The molecule has 4 heteroatoms. The van der Waals surface area contributed by atoms with Crippen molar-refractivity contribution in [1.82, 2.24) is 14.7 Å². The van der Waals surface area contributed by atoms with Gasteiger partial charge in [-0.2, -0.15) is 0 Å². The number of amides is 1. The Morgan fingerprint density at radius 1 is 1.12 bits per heavy atom. The van der Waals surface area contributed by atoms with E-state index in [2.05, 4.69) is 23.6 Å². The van der Waals surface area contributed by atoms with Crippen LogP contribution in [0.1, 0.15) is 26.7 Å². The summed E-state index contributed by atoms with van der Waals surface area (Å²) in [7, 11) is 1.90. The summed E-state index contributed by atoms with van der Waals surface area (Å²) in [5.41, 5.74) is 0. The van der Waals surface area contributed by atoms with Gasteiger partial charge in [0.05, 0.1) is 6.54 Å². The van der Waals surface area contributed by atoms with E-state index in [4.69, 9.17) is 0 Å². The highest BCUT2D eigenvalue weighted by Gasteiger charge is 2.30. The number of nitrogens with zero attached hydrogens (tertiary/aromatic N) is 3. The summed E-state index contributed by atoms with van der Waals surface area (Å²) in [5.74, 6) is 0.280. The van der Waals surface area contributed by atoms with E-state index in [-0.39, 0.29) is 5.91 Å². The van der Waals surface area contributed by atoms with Crippen molar-refractivity contribution in [2.45, 2.75) is 38.8 Å². The fraction of sp³-hybridized carbons (Fsp3) is 0.923. The van der Waals surface area contributed by atoms with Gasteiger partial charge >= 0.3 is 0 Å². The molecule has 2 fully saturated rings. The Morgan fingerprint density at radius 3 is 2.29 bits per heavy atom. The molecule has 0 aromatic rings. The molecule has 0 aliphatic carbocycles. The summed E-state index contributed by atoms with van der Waals surface area (Å²) < 4.78 is 0. The van der Waals surface area contributed by atoms with Gasteiger partial charge in [0, 0.05) is 32.2 Å². The molecule has 0 unspecified atom stereocenters. The number of rotatable bonds is 2. The zero-order valence-electron chi connectivity index (χ0n) is 11.4. The molecule has 0 aromatic carbocycles. The molecule has 0 atom stereocenters. The molecular weight excluding hydrogens is 214 g/mol. The summed E-state index contributed by atoms with van der Waals surface area (Å²) in [6.45, 7) is 9.46. The van der Waals surface area contributed by atoms with E-state index in [0.717, 1.165) is 13.1 Å². The molecule has 17 heavy (non-hydrogen) atoms. The van der Waals surface area contributed by atoms with Crippen LogP contribution in [0, 0.1) is 0 Å². The molecule has 0 saturated carbocycles. The lowest BCUT2D eigenvalue weighted by atomic mass is 10.0. The van der Waals surface area contributed by atoms with E-state index in [1.54, 1.807) is 0 Å². The fourth-order valence-corrected chi connectivity index (χ4v) is 2.86. The van der Waals surface area contributed by atoms with Crippen molar-refractivity contribution in [2.24, 2.45) is 0 Å². The smallest absolute Gasteiger partial charge is 0.236 e. The quantitative estimate of drug-likeness (QED) is 0.707.